The molecule has 0 saturated carbocycles. The molecule has 0 fully saturated rings. The fourth-order valence-corrected chi connectivity index (χ4v) is 2.11. The average Bonchev–Trinajstić information content (AvgIpc) is 2.62. The van der Waals surface area contributed by atoms with E-state index in [1.807, 2.05) is 0 Å². The molecule has 2 nitrogen and oxygen atoms in total. The molecule has 3 heteroatoms. The van der Waals surface area contributed by atoms with Crippen molar-refractivity contribution in [2.75, 3.05) is 0 Å². The normalized spacial score (nSPS) is 13.5. The van der Waals surface area contributed by atoms with Crippen molar-refractivity contribution in [2.45, 2.75) is 46.1 Å². The second kappa shape index (κ2) is 5.47. The molecule has 0 aliphatic carbocycles. The topological polar surface area (TPSA) is 38.9 Å². The summed E-state index contributed by atoms with van der Waals surface area (Å²) in [5, 5.41) is 3.33. The van der Waals surface area contributed by atoms with E-state index in [-0.39, 0.29) is 6.04 Å². The van der Waals surface area contributed by atoms with Gasteiger partial charge in [0.2, 0.25) is 0 Å². The number of rotatable bonds is 5. The number of aryl methyl sites for hydroxylation is 1. The maximum Gasteiger partial charge on any atom is 0.0929 e. The summed E-state index contributed by atoms with van der Waals surface area (Å²) in [6.45, 7) is 6.58. The van der Waals surface area contributed by atoms with Gasteiger partial charge in [-0.2, -0.15) is 0 Å². The van der Waals surface area contributed by atoms with Crippen molar-refractivity contribution in [2.24, 2.45) is 11.7 Å². The summed E-state index contributed by atoms with van der Waals surface area (Å²) in [5.74, 6) is 0.752. The third kappa shape index (κ3) is 3.39. The molecule has 0 saturated heterocycles. The van der Waals surface area contributed by atoms with E-state index in [0.717, 1.165) is 24.5 Å². The van der Waals surface area contributed by atoms with Crippen molar-refractivity contribution < 1.29 is 0 Å². The lowest BCUT2D eigenvalue weighted by Gasteiger charge is -2.03. The maximum atomic E-state index is 5.91. The Hall–Kier alpha value is -0.410. The van der Waals surface area contributed by atoms with Crippen LogP contribution in [-0.4, -0.2) is 4.98 Å². The van der Waals surface area contributed by atoms with Gasteiger partial charge in [0.05, 0.1) is 10.7 Å². The number of aromatic nitrogens is 1. The molecule has 1 heterocycles. The smallest absolute Gasteiger partial charge is 0.0929 e. The average molecular weight is 212 g/mol. The minimum absolute atomic E-state index is 0.124. The predicted octanol–water partition coefficient (Wildman–Crippen LogP) is 3.14. The minimum atomic E-state index is 0.124. The molecule has 80 valence electrons. The van der Waals surface area contributed by atoms with Crippen molar-refractivity contribution in [1.82, 2.24) is 4.98 Å². The highest BCUT2D eigenvalue weighted by atomic mass is 32.1. The van der Waals surface area contributed by atoms with E-state index in [9.17, 15) is 0 Å². The second-order valence-corrected chi connectivity index (χ2v) is 5.06. The molecule has 1 unspecified atom stereocenters. The van der Waals surface area contributed by atoms with Crippen LogP contribution in [0.2, 0.25) is 0 Å². The number of nitrogens with two attached hydrogens (primary N) is 1. The van der Waals surface area contributed by atoms with Gasteiger partial charge < -0.3 is 5.73 Å². The van der Waals surface area contributed by atoms with Gasteiger partial charge in [0.1, 0.15) is 0 Å². The quantitative estimate of drug-likeness (QED) is 0.814. The number of hydrogen-bond donors (Lipinski definition) is 1. The number of hydrogen-bond acceptors (Lipinski definition) is 3. The highest BCUT2D eigenvalue weighted by Gasteiger charge is 2.08. The molecule has 0 radical (unpaired) electrons. The van der Waals surface area contributed by atoms with Gasteiger partial charge in [-0.3, -0.25) is 0 Å². The lowest BCUT2D eigenvalue weighted by molar-refractivity contribution is 0.583. The summed E-state index contributed by atoms with van der Waals surface area (Å²) in [4.78, 5) is 4.55. The van der Waals surface area contributed by atoms with Gasteiger partial charge in [-0.25, -0.2) is 4.98 Å². The van der Waals surface area contributed by atoms with Gasteiger partial charge in [0.25, 0.3) is 0 Å². The van der Waals surface area contributed by atoms with Crippen LogP contribution in [0.15, 0.2) is 5.38 Å². The monoisotopic (exact) mass is 212 g/mol. The summed E-state index contributed by atoms with van der Waals surface area (Å²) in [6.07, 6.45) is 3.28. The molecule has 2 N–H and O–H groups in total. The molecule has 0 spiro atoms. The number of nitrogens with zero attached hydrogens (tertiary/aromatic N) is 1. The summed E-state index contributed by atoms with van der Waals surface area (Å²) in [5.41, 5.74) is 6.97. The lowest BCUT2D eigenvalue weighted by atomic mass is 10.1. The van der Waals surface area contributed by atoms with Crippen molar-refractivity contribution in [1.29, 1.82) is 0 Å². The molecule has 0 bridgehead atoms. The van der Waals surface area contributed by atoms with Crippen LogP contribution in [0.1, 0.15) is 50.4 Å². The zero-order valence-corrected chi connectivity index (χ0v) is 10.1. The van der Waals surface area contributed by atoms with Gasteiger partial charge in [0.15, 0.2) is 0 Å². The van der Waals surface area contributed by atoms with Crippen LogP contribution >= 0.6 is 11.3 Å². The van der Waals surface area contributed by atoms with E-state index in [1.54, 1.807) is 11.3 Å². The maximum absolute atomic E-state index is 5.91. The zero-order valence-electron chi connectivity index (χ0n) is 9.29. The Morgan fingerprint density at radius 2 is 2.21 bits per heavy atom. The van der Waals surface area contributed by atoms with Crippen LogP contribution in [-0.2, 0) is 6.42 Å². The first kappa shape index (κ1) is 11.7. The van der Waals surface area contributed by atoms with Crippen molar-refractivity contribution in [3.05, 3.63) is 16.1 Å². The minimum Gasteiger partial charge on any atom is -0.323 e. The first-order valence-corrected chi connectivity index (χ1v) is 6.21. The molecule has 1 aromatic rings. The Morgan fingerprint density at radius 1 is 1.50 bits per heavy atom. The fraction of sp³-hybridized carbons (Fsp3) is 0.727. The van der Waals surface area contributed by atoms with E-state index in [0.29, 0.717) is 0 Å². The standard InChI is InChI=1S/C11H20N2S/c1-4-9(12)10-7-14-11(13-10)6-5-8(2)3/h7-9H,4-6,12H2,1-3H3. The Labute approximate surface area is 90.6 Å². The highest BCUT2D eigenvalue weighted by molar-refractivity contribution is 7.09. The van der Waals surface area contributed by atoms with Crippen molar-refractivity contribution >= 4 is 11.3 Å². The third-order valence-electron chi connectivity index (χ3n) is 2.32. The van der Waals surface area contributed by atoms with Crippen molar-refractivity contribution in [3.63, 3.8) is 0 Å². The van der Waals surface area contributed by atoms with Crippen LogP contribution in [0.3, 0.4) is 0 Å². The Bertz CT molecular complexity index is 268. The fourth-order valence-electron chi connectivity index (χ4n) is 1.23. The summed E-state index contributed by atoms with van der Waals surface area (Å²) in [7, 11) is 0. The van der Waals surface area contributed by atoms with Crippen LogP contribution in [0, 0.1) is 5.92 Å². The summed E-state index contributed by atoms with van der Waals surface area (Å²) in [6, 6.07) is 0.124. The zero-order chi connectivity index (χ0) is 10.6. The third-order valence-corrected chi connectivity index (χ3v) is 3.25. The lowest BCUT2D eigenvalue weighted by Crippen LogP contribution is -2.09. The SMILES string of the molecule is CCC(N)c1csc(CCC(C)C)n1. The van der Waals surface area contributed by atoms with Gasteiger partial charge in [-0.05, 0) is 25.2 Å². The molecular weight excluding hydrogens is 192 g/mol. The predicted molar refractivity (Wildman–Crippen MR) is 62.5 cm³/mol. The molecule has 0 amide bonds. The van der Waals surface area contributed by atoms with Crippen molar-refractivity contribution in [3.8, 4) is 0 Å². The first-order valence-electron chi connectivity index (χ1n) is 5.33. The molecule has 0 aliphatic heterocycles. The highest BCUT2D eigenvalue weighted by Crippen LogP contribution is 2.19. The van der Waals surface area contributed by atoms with Gasteiger partial charge in [-0.1, -0.05) is 20.8 Å². The van der Waals surface area contributed by atoms with Gasteiger partial charge >= 0.3 is 0 Å². The molecule has 14 heavy (non-hydrogen) atoms. The largest absolute Gasteiger partial charge is 0.323 e. The Balaban J connectivity index is 2.50. The Kier molecular flexibility index (Phi) is 4.55. The van der Waals surface area contributed by atoms with E-state index in [2.05, 4.69) is 31.1 Å². The molecule has 0 aliphatic rings. The molecule has 1 atom stereocenters. The van der Waals surface area contributed by atoms with Crippen LogP contribution in [0.25, 0.3) is 0 Å². The van der Waals surface area contributed by atoms with E-state index in [4.69, 9.17) is 5.73 Å². The van der Waals surface area contributed by atoms with Gasteiger partial charge in [-0.15, -0.1) is 11.3 Å². The summed E-state index contributed by atoms with van der Waals surface area (Å²) < 4.78 is 0. The molecule has 1 rings (SSSR count). The van der Waals surface area contributed by atoms with E-state index < -0.39 is 0 Å². The van der Waals surface area contributed by atoms with Crippen LogP contribution in [0.5, 0.6) is 0 Å². The van der Waals surface area contributed by atoms with E-state index >= 15 is 0 Å². The van der Waals surface area contributed by atoms with Crippen LogP contribution < -0.4 is 5.73 Å². The molecule has 0 aromatic carbocycles. The molecular formula is C11H20N2S. The van der Waals surface area contributed by atoms with E-state index in [1.165, 1.54) is 11.4 Å². The number of thiazole rings is 1. The Morgan fingerprint density at radius 3 is 2.79 bits per heavy atom. The van der Waals surface area contributed by atoms with Crippen LogP contribution in [0.4, 0.5) is 0 Å². The van der Waals surface area contributed by atoms with Gasteiger partial charge in [0, 0.05) is 11.4 Å². The second-order valence-electron chi connectivity index (χ2n) is 4.11. The summed E-state index contributed by atoms with van der Waals surface area (Å²) >= 11 is 1.74. The first-order chi connectivity index (χ1) is 6.63. The molecule has 1 aromatic heterocycles.